The van der Waals surface area contributed by atoms with Gasteiger partial charge in [-0.25, -0.2) is 8.42 Å². The summed E-state index contributed by atoms with van der Waals surface area (Å²) in [6.07, 6.45) is 2.35. The second-order valence-corrected chi connectivity index (χ2v) is 12.0. The van der Waals surface area contributed by atoms with Crippen LogP contribution in [0.3, 0.4) is 0 Å². The highest BCUT2D eigenvalue weighted by atomic mass is 32.2. The van der Waals surface area contributed by atoms with Crippen molar-refractivity contribution in [3.8, 4) is 0 Å². The van der Waals surface area contributed by atoms with Crippen LogP contribution in [-0.2, 0) is 21.2 Å². The number of amides is 2. The van der Waals surface area contributed by atoms with E-state index in [0.717, 1.165) is 5.56 Å². The van der Waals surface area contributed by atoms with Crippen molar-refractivity contribution < 1.29 is 18.0 Å². The molecule has 188 valence electrons. The number of rotatable bonds is 8. The van der Waals surface area contributed by atoms with Gasteiger partial charge in [0.15, 0.2) is 0 Å². The van der Waals surface area contributed by atoms with E-state index in [9.17, 15) is 18.0 Å². The SMILES string of the molecule is C=CC(=O)NC1CC(C)(C)N(S(=O)(=O)c2ccc(C(=O)NCCc3ccccc3)c(C)c2)C1(C)C. The minimum Gasteiger partial charge on any atom is -0.352 e. The number of carbonyl (C=O) groups excluding carboxylic acids is 2. The van der Waals surface area contributed by atoms with Gasteiger partial charge in [-0.2, -0.15) is 4.31 Å². The van der Waals surface area contributed by atoms with Crippen LogP contribution in [0.2, 0.25) is 0 Å². The third kappa shape index (κ3) is 5.49. The van der Waals surface area contributed by atoms with Crippen LogP contribution in [0.15, 0.2) is 66.1 Å². The number of nitrogens with zero attached hydrogens (tertiary/aromatic N) is 1. The molecule has 3 rings (SSSR count). The van der Waals surface area contributed by atoms with E-state index in [1.807, 2.05) is 58.0 Å². The van der Waals surface area contributed by atoms with Crippen molar-refractivity contribution in [3.05, 3.63) is 77.9 Å². The maximum absolute atomic E-state index is 13.8. The van der Waals surface area contributed by atoms with Crippen LogP contribution in [0.4, 0.5) is 0 Å². The van der Waals surface area contributed by atoms with Crippen molar-refractivity contribution in [2.75, 3.05) is 6.54 Å². The predicted molar refractivity (Wildman–Crippen MR) is 138 cm³/mol. The Morgan fingerprint density at radius 2 is 1.77 bits per heavy atom. The van der Waals surface area contributed by atoms with Crippen LogP contribution >= 0.6 is 0 Å². The molecule has 0 spiro atoms. The Morgan fingerprint density at radius 1 is 1.11 bits per heavy atom. The number of nitrogens with one attached hydrogen (secondary N) is 2. The Labute approximate surface area is 208 Å². The van der Waals surface area contributed by atoms with E-state index in [1.54, 1.807) is 19.1 Å². The van der Waals surface area contributed by atoms with E-state index in [1.165, 1.54) is 16.4 Å². The zero-order valence-electron chi connectivity index (χ0n) is 21.1. The molecule has 2 aromatic carbocycles. The average Bonchev–Trinajstić information content (AvgIpc) is 2.97. The monoisotopic (exact) mass is 497 g/mol. The van der Waals surface area contributed by atoms with Crippen LogP contribution in [-0.4, -0.2) is 48.2 Å². The first kappa shape index (κ1) is 26.6. The molecular weight excluding hydrogens is 462 g/mol. The lowest BCUT2D eigenvalue weighted by Crippen LogP contribution is -2.56. The highest BCUT2D eigenvalue weighted by Crippen LogP contribution is 2.45. The zero-order chi connectivity index (χ0) is 26.0. The van der Waals surface area contributed by atoms with E-state index in [4.69, 9.17) is 0 Å². The molecule has 1 saturated heterocycles. The molecule has 0 aliphatic carbocycles. The molecule has 0 saturated carbocycles. The summed E-state index contributed by atoms with van der Waals surface area (Å²) in [5.41, 5.74) is 0.540. The number of hydrogen-bond donors (Lipinski definition) is 2. The van der Waals surface area contributed by atoms with E-state index < -0.39 is 21.1 Å². The average molecular weight is 498 g/mol. The molecular formula is C27H35N3O4S. The molecule has 1 aliphatic heterocycles. The smallest absolute Gasteiger partial charge is 0.251 e. The number of aryl methyl sites for hydroxylation is 1. The van der Waals surface area contributed by atoms with Gasteiger partial charge in [-0.05, 0) is 82.9 Å². The molecule has 7 nitrogen and oxygen atoms in total. The highest BCUT2D eigenvalue weighted by Gasteiger charge is 2.57. The lowest BCUT2D eigenvalue weighted by molar-refractivity contribution is -0.117. The van der Waals surface area contributed by atoms with E-state index in [2.05, 4.69) is 17.2 Å². The molecule has 1 aliphatic rings. The molecule has 0 bridgehead atoms. The second-order valence-electron chi connectivity index (χ2n) is 10.2. The van der Waals surface area contributed by atoms with Gasteiger partial charge < -0.3 is 10.6 Å². The number of benzene rings is 2. The minimum absolute atomic E-state index is 0.118. The molecule has 2 amide bonds. The number of carbonyl (C=O) groups is 2. The van der Waals surface area contributed by atoms with Crippen molar-refractivity contribution in [3.63, 3.8) is 0 Å². The maximum Gasteiger partial charge on any atom is 0.251 e. The van der Waals surface area contributed by atoms with Gasteiger partial charge in [0.25, 0.3) is 5.91 Å². The fraction of sp³-hybridized carbons (Fsp3) is 0.407. The zero-order valence-corrected chi connectivity index (χ0v) is 21.9. The van der Waals surface area contributed by atoms with Crippen LogP contribution in [0.1, 0.15) is 55.6 Å². The van der Waals surface area contributed by atoms with Crippen molar-refractivity contribution in [1.29, 1.82) is 0 Å². The Kier molecular flexibility index (Phi) is 7.57. The van der Waals surface area contributed by atoms with Crippen molar-refractivity contribution in [1.82, 2.24) is 14.9 Å². The van der Waals surface area contributed by atoms with Gasteiger partial charge in [0, 0.05) is 23.7 Å². The van der Waals surface area contributed by atoms with E-state index in [0.29, 0.717) is 30.5 Å². The van der Waals surface area contributed by atoms with Gasteiger partial charge in [0.05, 0.1) is 10.4 Å². The predicted octanol–water partition coefficient (Wildman–Crippen LogP) is 3.59. The third-order valence-corrected chi connectivity index (χ3v) is 8.95. The van der Waals surface area contributed by atoms with Crippen LogP contribution in [0.25, 0.3) is 0 Å². The molecule has 0 radical (unpaired) electrons. The lowest BCUT2D eigenvalue weighted by Gasteiger charge is -2.40. The van der Waals surface area contributed by atoms with Gasteiger partial charge in [-0.3, -0.25) is 9.59 Å². The Morgan fingerprint density at radius 3 is 2.37 bits per heavy atom. The summed E-state index contributed by atoms with van der Waals surface area (Å²) in [7, 11) is -3.92. The standard InChI is InChI=1S/C27H35N3O4S/c1-7-24(31)29-23-18-26(3,4)30(27(23,5)6)35(33,34)21-13-14-22(19(2)17-21)25(32)28-16-15-20-11-9-8-10-12-20/h7-14,17,23H,1,15-16,18H2,2-6H3,(H,28,32)(H,29,31). The molecule has 1 heterocycles. The van der Waals surface area contributed by atoms with Gasteiger partial charge in [0.1, 0.15) is 0 Å². The Bertz CT molecular complexity index is 1220. The quantitative estimate of drug-likeness (QED) is 0.545. The van der Waals surface area contributed by atoms with Gasteiger partial charge in [-0.15, -0.1) is 0 Å². The van der Waals surface area contributed by atoms with Crippen molar-refractivity contribution in [2.45, 2.75) is 69.5 Å². The largest absolute Gasteiger partial charge is 0.352 e. The maximum atomic E-state index is 13.8. The van der Waals surface area contributed by atoms with Crippen molar-refractivity contribution >= 4 is 21.8 Å². The summed E-state index contributed by atoms with van der Waals surface area (Å²) in [4.78, 5) is 24.8. The summed E-state index contributed by atoms with van der Waals surface area (Å²) < 4.78 is 29.1. The summed E-state index contributed by atoms with van der Waals surface area (Å²) in [6.45, 7) is 13.0. The van der Waals surface area contributed by atoms with Crippen LogP contribution in [0, 0.1) is 6.92 Å². The number of sulfonamides is 1. The summed E-state index contributed by atoms with van der Waals surface area (Å²) >= 11 is 0. The molecule has 1 fully saturated rings. The third-order valence-electron chi connectivity index (χ3n) is 6.65. The Balaban J connectivity index is 1.81. The second kappa shape index (κ2) is 9.95. The minimum atomic E-state index is -3.92. The van der Waals surface area contributed by atoms with Gasteiger partial charge in [-0.1, -0.05) is 36.9 Å². The van der Waals surface area contributed by atoms with Crippen LogP contribution in [0.5, 0.6) is 0 Å². The van der Waals surface area contributed by atoms with Crippen molar-refractivity contribution in [2.24, 2.45) is 0 Å². The van der Waals surface area contributed by atoms with Gasteiger partial charge in [0.2, 0.25) is 15.9 Å². The molecule has 1 unspecified atom stereocenters. The fourth-order valence-electron chi connectivity index (χ4n) is 5.06. The highest BCUT2D eigenvalue weighted by molar-refractivity contribution is 7.89. The topological polar surface area (TPSA) is 95.6 Å². The first-order valence-corrected chi connectivity index (χ1v) is 13.2. The van der Waals surface area contributed by atoms with Crippen LogP contribution < -0.4 is 10.6 Å². The molecule has 1 atom stereocenters. The summed E-state index contributed by atoms with van der Waals surface area (Å²) in [5, 5.41) is 5.79. The molecule has 2 N–H and O–H groups in total. The van der Waals surface area contributed by atoms with Gasteiger partial charge >= 0.3 is 0 Å². The normalized spacial score (nSPS) is 19.2. The molecule has 2 aromatic rings. The lowest BCUT2D eigenvalue weighted by atomic mass is 9.94. The molecule has 0 aromatic heterocycles. The summed E-state index contributed by atoms with van der Waals surface area (Å²) in [5.74, 6) is -0.576. The first-order chi connectivity index (χ1) is 16.3. The number of hydrogen-bond acceptors (Lipinski definition) is 4. The van der Waals surface area contributed by atoms with E-state index >= 15 is 0 Å². The first-order valence-electron chi connectivity index (χ1n) is 11.7. The fourth-order valence-corrected chi connectivity index (χ4v) is 7.31. The van der Waals surface area contributed by atoms with E-state index in [-0.39, 0.29) is 22.8 Å². The molecule has 8 heteroatoms. The Hall–Kier alpha value is -2.97. The summed E-state index contributed by atoms with van der Waals surface area (Å²) in [6, 6.07) is 14.1. The molecule has 35 heavy (non-hydrogen) atoms.